The van der Waals surface area contributed by atoms with Gasteiger partial charge in [-0.15, -0.1) is 0 Å². The first kappa shape index (κ1) is 21.8. The Kier molecular flexibility index (Phi) is 7.35. The second-order valence-corrected chi connectivity index (χ2v) is 8.70. The van der Waals surface area contributed by atoms with Crippen LogP contribution in [0, 0.1) is 0 Å². The second-order valence-electron chi connectivity index (χ2n) is 7.53. The summed E-state index contributed by atoms with van der Waals surface area (Å²) < 4.78 is 0. The normalized spacial score (nSPS) is 17.4. The summed E-state index contributed by atoms with van der Waals surface area (Å²) in [5.74, 6) is -0.251. The maximum Gasteiger partial charge on any atom is 0.238 e. The summed E-state index contributed by atoms with van der Waals surface area (Å²) in [7, 11) is 0. The number of anilines is 1. The number of nitrogens with zero attached hydrogens (tertiary/aromatic N) is 2. The van der Waals surface area contributed by atoms with Crippen molar-refractivity contribution in [3.8, 4) is 0 Å². The molecule has 1 saturated heterocycles. The van der Waals surface area contributed by atoms with Crippen LogP contribution in [0.25, 0.3) is 0 Å². The van der Waals surface area contributed by atoms with Gasteiger partial charge in [0.25, 0.3) is 0 Å². The van der Waals surface area contributed by atoms with Crippen molar-refractivity contribution in [2.75, 3.05) is 11.9 Å². The summed E-state index contributed by atoms with van der Waals surface area (Å²) in [6.45, 7) is 0.569. The van der Waals surface area contributed by atoms with Crippen LogP contribution in [0.5, 0.6) is 0 Å². The lowest BCUT2D eigenvalue weighted by atomic mass is 10.1. The Balaban J connectivity index is 1.49. The molecule has 0 bridgehead atoms. The van der Waals surface area contributed by atoms with E-state index in [9.17, 15) is 9.59 Å². The molecule has 0 saturated carbocycles. The highest BCUT2D eigenvalue weighted by atomic mass is 32.2. The summed E-state index contributed by atoms with van der Waals surface area (Å²) >= 11 is 1.35. The van der Waals surface area contributed by atoms with E-state index in [0.29, 0.717) is 11.7 Å². The average molecular weight is 444 g/mol. The molecule has 1 aliphatic heterocycles. The van der Waals surface area contributed by atoms with Crippen LogP contribution in [0.15, 0.2) is 96.0 Å². The predicted octanol–water partition coefficient (Wildman–Crippen LogP) is 5.28. The van der Waals surface area contributed by atoms with E-state index in [1.165, 1.54) is 17.3 Å². The number of carbonyl (C=O) groups excluding carboxylic acids is 2. The minimum atomic E-state index is -0.518. The van der Waals surface area contributed by atoms with Crippen LogP contribution >= 0.6 is 11.8 Å². The van der Waals surface area contributed by atoms with Crippen molar-refractivity contribution in [3.05, 3.63) is 96.6 Å². The van der Waals surface area contributed by atoms with Gasteiger partial charge in [-0.2, -0.15) is 0 Å². The molecule has 3 aromatic rings. The Morgan fingerprint density at radius 1 is 0.938 bits per heavy atom. The van der Waals surface area contributed by atoms with E-state index in [2.05, 4.69) is 17.4 Å². The molecule has 2 amide bonds. The first-order valence-corrected chi connectivity index (χ1v) is 11.6. The van der Waals surface area contributed by atoms with Gasteiger partial charge >= 0.3 is 0 Å². The Morgan fingerprint density at radius 3 is 2.25 bits per heavy atom. The fourth-order valence-corrected chi connectivity index (χ4v) is 4.63. The van der Waals surface area contributed by atoms with Crippen LogP contribution in [0.2, 0.25) is 0 Å². The van der Waals surface area contributed by atoms with E-state index in [-0.39, 0.29) is 18.2 Å². The van der Waals surface area contributed by atoms with Crippen molar-refractivity contribution < 1.29 is 9.59 Å². The minimum Gasteiger partial charge on any atom is -0.325 e. The molecule has 1 atom stereocenters. The summed E-state index contributed by atoms with van der Waals surface area (Å²) in [6.07, 6.45) is 1.86. The van der Waals surface area contributed by atoms with Crippen LogP contribution < -0.4 is 5.32 Å². The van der Waals surface area contributed by atoms with Gasteiger partial charge in [0.2, 0.25) is 11.8 Å². The Labute approximate surface area is 192 Å². The van der Waals surface area contributed by atoms with Gasteiger partial charge in [0.1, 0.15) is 5.25 Å². The smallest absolute Gasteiger partial charge is 0.238 e. The molecule has 0 radical (unpaired) electrons. The largest absolute Gasteiger partial charge is 0.325 e. The first-order valence-electron chi connectivity index (χ1n) is 10.7. The van der Waals surface area contributed by atoms with Crippen LogP contribution in [0.4, 0.5) is 11.4 Å². The summed E-state index contributed by atoms with van der Waals surface area (Å²) in [5, 5.41) is 2.97. The van der Waals surface area contributed by atoms with Crippen molar-refractivity contribution in [2.24, 2.45) is 4.99 Å². The van der Waals surface area contributed by atoms with Gasteiger partial charge in [0.15, 0.2) is 5.17 Å². The monoisotopic (exact) mass is 443 g/mol. The molecule has 4 rings (SSSR count). The summed E-state index contributed by atoms with van der Waals surface area (Å²) in [4.78, 5) is 32.4. The quantitative estimate of drug-likeness (QED) is 0.540. The minimum absolute atomic E-state index is 0.0697. The van der Waals surface area contributed by atoms with Crippen molar-refractivity contribution in [1.29, 1.82) is 0 Å². The lowest BCUT2D eigenvalue weighted by molar-refractivity contribution is -0.129. The van der Waals surface area contributed by atoms with Crippen molar-refractivity contribution in [3.63, 3.8) is 0 Å². The topological polar surface area (TPSA) is 61.8 Å². The third-order valence-electron chi connectivity index (χ3n) is 5.14. The van der Waals surface area contributed by atoms with Crippen molar-refractivity contribution in [2.45, 2.75) is 24.5 Å². The summed E-state index contributed by atoms with van der Waals surface area (Å²) in [5.41, 5.74) is 2.73. The van der Waals surface area contributed by atoms with Crippen LogP contribution in [0.1, 0.15) is 18.4 Å². The highest BCUT2D eigenvalue weighted by Gasteiger charge is 2.35. The van der Waals surface area contributed by atoms with E-state index in [0.717, 1.165) is 24.2 Å². The zero-order valence-electron chi connectivity index (χ0n) is 17.7. The molecule has 1 aliphatic rings. The van der Waals surface area contributed by atoms with E-state index in [1.54, 1.807) is 4.90 Å². The second kappa shape index (κ2) is 10.8. The highest BCUT2D eigenvalue weighted by molar-refractivity contribution is 8.15. The molecule has 1 fully saturated rings. The fraction of sp³-hybridized carbons (Fsp3) is 0.192. The number of nitrogens with one attached hydrogen (secondary N) is 1. The number of aryl methyl sites for hydroxylation is 1. The van der Waals surface area contributed by atoms with Gasteiger partial charge in [-0.3, -0.25) is 14.5 Å². The zero-order chi connectivity index (χ0) is 22.2. The Morgan fingerprint density at radius 2 is 1.56 bits per heavy atom. The van der Waals surface area contributed by atoms with E-state index >= 15 is 0 Å². The number of para-hydroxylation sites is 2. The Hall–Kier alpha value is -3.38. The number of hydrogen-bond acceptors (Lipinski definition) is 4. The van der Waals surface area contributed by atoms with Gasteiger partial charge in [-0.05, 0) is 42.7 Å². The number of rotatable bonds is 7. The predicted molar refractivity (Wildman–Crippen MR) is 131 cm³/mol. The number of amides is 2. The molecule has 32 heavy (non-hydrogen) atoms. The van der Waals surface area contributed by atoms with E-state index < -0.39 is 5.25 Å². The van der Waals surface area contributed by atoms with Gasteiger partial charge < -0.3 is 5.32 Å². The summed E-state index contributed by atoms with van der Waals surface area (Å²) in [6, 6.07) is 29.1. The van der Waals surface area contributed by atoms with E-state index in [4.69, 9.17) is 4.99 Å². The Bertz CT molecular complexity index is 1070. The molecule has 0 aromatic heterocycles. The molecule has 3 aromatic carbocycles. The zero-order valence-corrected chi connectivity index (χ0v) is 18.5. The highest BCUT2D eigenvalue weighted by Crippen LogP contribution is 2.30. The number of thioether (sulfide) groups is 1. The maximum absolute atomic E-state index is 13.1. The molecular weight excluding hydrogens is 418 g/mol. The molecule has 0 aliphatic carbocycles. The van der Waals surface area contributed by atoms with Gasteiger partial charge in [-0.1, -0.05) is 78.5 Å². The molecule has 6 heteroatoms. The molecule has 0 unspecified atom stereocenters. The fourth-order valence-electron chi connectivity index (χ4n) is 3.50. The number of carbonyl (C=O) groups is 2. The van der Waals surface area contributed by atoms with Gasteiger partial charge in [0.05, 0.1) is 5.69 Å². The maximum atomic E-state index is 13.1. The van der Waals surface area contributed by atoms with E-state index in [1.807, 2.05) is 78.9 Å². The lowest BCUT2D eigenvalue weighted by Gasteiger charge is -2.31. The van der Waals surface area contributed by atoms with Crippen LogP contribution in [-0.2, 0) is 16.0 Å². The standard InChI is InChI=1S/C26H25N3O2S/c30-24-19-23(25(31)27-21-14-6-2-7-15-21)32-26(28-22-16-8-3-9-17-22)29(24)18-10-13-20-11-4-1-5-12-20/h1-9,11-12,14-17,23H,10,13,18-19H2,(H,27,31)/t23-/m0/s1. The third-order valence-corrected chi connectivity index (χ3v) is 6.33. The number of aliphatic imine (C=N–C) groups is 1. The van der Waals surface area contributed by atoms with Crippen LogP contribution in [0.3, 0.4) is 0 Å². The third kappa shape index (κ3) is 5.86. The number of hydrogen-bond donors (Lipinski definition) is 1. The van der Waals surface area contributed by atoms with Gasteiger partial charge in [-0.25, -0.2) is 4.99 Å². The number of benzene rings is 3. The molecule has 5 nitrogen and oxygen atoms in total. The SMILES string of the molecule is O=C(Nc1ccccc1)[C@@H]1CC(=O)N(CCCc2ccccc2)C(=Nc2ccccc2)S1. The number of amidine groups is 1. The molecular formula is C26H25N3O2S. The first-order chi connectivity index (χ1) is 15.7. The lowest BCUT2D eigenvalue weighted by Crippen LogP contribution is -2.45. The van der Waals surface area contributed by atoms with Gasteiger partial charge in [0, 0.05) is 18.7 Å². The molecule has 1 heterocycles. The average Bonchev–Trinajstić information content (AvgIpc) is 2.82. The van der Waals surface area contributed by atoms with Crippen LogP contribution in [-0.4, -0.2) is 33.7 Å². The molecule has 0 spiro atoms. The van der Waals surface area contributed by atoms with Crippen molar-refractivity contribution >= 4 is 40.1 Å². The molecule has 1 N–H and O–H groups in total. The van der Waals surface area contributed by atoms with Crippen molar-refractivity contribution in [1.82, 2.24) is 4.90 Å². The molecule has 162 valence electrons.